The van der Waals surface area contributed by atoms with Crippen LogP contribution in [0, 0.1) is 5.92 Å². The van der Waals surface area contributed by atoms with Crippen LogP contribution in [0.25, 0.3) is 10.9 Å². The van der Waals surface area contributed by atoms with Gasteiger partial charge in [-0.2, -0.15) is 0 Å². The first-order valence-corrected chi connectivity index (χ1v) is 8.25. The Morgan fingerprint density at radius 2 is 2.12 bits per heavy atom. The predicted molar refractivity (Wildman–Crippen MR) is 93.1 cm³/mol. The lowest BCUT2D eigenvalue weighted by Gasteiger charge is -2.36. The number of hydrogen-bond acceptors (Lipinski definition) is 5. The van der Waals surface area contributed by atoms with Crippen LogP contribution in [0.15, 0.2) is 24.3 Å². The zero-order valence-electron chi connectivity index (χ0n) is 14.7. The van der Waals surface area contributed by atoms with Gasteiger partial charge in [-0.25, -0.2) is 0 Å². The highest BCUT2D eigenvalue weighted by Crippen LogP contribution is 2.26. The molecule has 136 valence electrons. The Morgan fingerprint density at radius 1 is 1.28 bits per heavy atom. The monoisotopic (exact) mass is 348 g/mol. The van der Waals surface area contributed by atoms with E-state index >= 15 is 0 Å². The molecule has 0 unspecified atom stereocenters. The largest absolute Gasteiger partial charge is 0.496 e. The number of fused-ring (bicyclic) bond motifs is 1. The maximum Gasteiger partial charge on any atom is 0.267 e. The summed E-state index contributed by atoms with van der Waals surface area (Å²) in [6.07, 6.45) is -0.236. The van der Waals surface area contributed by atoms with E-state index in [2.05, 4.69) is 10.3 Å². The zero-order chi connectivity index (χ0) is 17.8. The van der Waals surface area contributed by atoms with E-state index in [0.29, 0.717) is 25.5 Å². The van der Waals surface area contributed by atoms with E-state index in [9.17, 15) is 4.79 Å². The summed E-state index contributed by atoms with van der Waals surface area (Å²) < 4.78 is 21.8. The van der Waals surface area contributed by atoms with Gasteiger partial charge in [-0.15, -0.1) is 0 Å². The summed E-state index contributed by atoms with van der Waals surface area (Å²) in [4.78, 5) is 15.6. The van der Waals surface area contributed by atoms with Gasteiger partial charge in [0.2, 0.25) is 0 Å². The molecule has 3 atom stereocenters. The van der Waals surface area contributed by atoms with E-state index < -0.39 is 0 Å². The molecular formula is C18H24N2O5. The van der Waals surface area contributed by atoms with Crippen molar-refractivity contribution in [1.82, 2.24) is 10.3 Å². The molecule has 1 saturated heterocycles. The van der Waals surface area contributed by atoms with E-state index in [4.69, 9.17) is 18.9 Å². The van der Waals surface area contributed by atoms with E-state index in [1.54, 1.807) is 27.4 Å². The molecule has 1 aliphatic heterocycles. The van der Waals surface area contributed by atoms with Crippen molar-refractivity contribution in [2.24, 2.45) is 5.92 Å². The topological polar surface area (TPSA) is 81.8 Å². The molecule has 7 nitrogen and oxygen atoms in total. The third kappa shape index (κ3) is 3.63. The van der Waals surface area contributed by atoms with Crippen LogP contribution in [0.1, 0.15) is 10.5 Å². The molecule has 3 rings (SSSR count). The average Bonchev–Trinajstić information content (AvgIpc) is 3.09. The Hall–Kier alpha value is -2.09. The molecule has 7 heteroatoms. The molecule has 1 aromatic heterocycles. The summed E-state index contributed by atoms with van der Waals surface area (Å²) in [5, 5.41) is 3.83. The first kappa shape index (κ1) is 17.7. The van der Waals surface area contributed by atoms with Crippen molar-refractivity contribution >= 4 is 16.8 Å². The second kappa shape index (κ2) is 7.86. The van der Waals surface area contributed by atoms with E-state index in [0.717, 1.165) is 16.7 Å². The molecule has 0 spiro atoms. The minimum absolute atomic E-state index is 0.0339. The third-order valence-corrected chi connectivity index (χ3v) is 4.63. The lowest BCUT2D eigenvalue weighted by molar-refractivity contribution is -0.145. The molecule has 0 bridgehead atoms. The number of rotatable bonds is 6. The van der Waals surface area contributed by atoms with Gasteiger partial charge in [0.15, 0.2) is 0 Å². The Morgan fingerprint density at radius 3 is 2.84 bits per heavy atom. The molecule has 0 aliphatic carbocycles. The fraction of sp³-hybridized carbons (Fsp3) is 0.500. The number of benzene rings is 1. The van der Waals surface area contributed by atoms with Crippen LogP contribution in [-0.2, 0) is 14.2 Å². The number of H-pyrrole nitrogens is 1. The first-order chi connectivity index (χ1) is 12.2. The number of carbonyl (C=O) groups excluding carboxylic acids is 1. The highest BCUT2D eigenvalue weighted by molar-refractivity contribution is 5.99. The fourth-order valence-electron chi connectivity index (χ4n) is 3.30. The number of ether oxygens (including phenoxy) is 4. The molecule has 1 aliphatic rings. The number of aromatic nitrogens is 1. The molecule has 2 aromatic rings. The fourth-order valence-corrected chi connectivity index (χ4v) is 3.30. The Kier molecular flexibility index (Phi) is 5.57. The van der Waals surface area contributed by atoms with Crippen molar-refractivity contribution < 1.29 is 23.7 Å². The zero-order valence-corrected chi connectivity index (χ0v) is 14.7. The summed E-state index contributed by atoms with van der Waals surface area (Å²) in [5.74, 6) is 0.593. The van der Waals surface area contributed by atoms with E-state index in [1.165, 1.54) is 0 Å². The SMILES string of the molecule is COc1cccc2[nH]c(C(=O)NC[C@@H]3COC[C@@H](OC)[C@H]3OC)cc12. The maximum atomic E-state index is 12.5. The van der Waals surface area contributed by atoms with Crippen molar-refractivity contribution in [1.29, 1.82) is 0 Å². The third-order valence-electron chi connectivity index (χ3n) is 4.63. The van der Waals surface area contributed by atoms with Gasteiger partial charge in [-0.1, -0.05) is 6.07 Å². The maximum absolute atomic E-state index is 12.5. The van der Waals surface area contributed by atoms with Gasteiger partial charge in [-0.05, 0) is 18.2 Å². The molecule has 2 heterocycles. The van der Waals surface area contributed by atoms with Crippen molar-refractivity contribution in [3.05, 3.63) is 30.0 Å². The van der Waals surface area contributed by atoms with Crippen LogP contribution >= 0.6 is 0 Å². The summed E-state index contributed by atoms with van der Waals surface area (Å²) in [5.41, 5.74) is 1.35. The molecule has 1 amide bonds. The van der Waals surface area contributed by atoms with Crippen molar-refractivity contribution in [2.45, 2.75) is 12.2 Å². The molecule has 2 N–H and O–H groups in total. The predicted octanol–water partition coefficient (Wildman–Crippen LogP) is 1.58. The van der Waals surface area contributed by atoms with Crippen molar-refractivity contribution in [2.75, 3.05) is 41.1 Å². The van der Waals surface area contributed by atoms with Gasteiger partial charge in [0, 0.05) is 37.6 Å². The Balaban J connectivity index is 1.68. The number of amides is 1. The minimum Gasteiger partial charge on any atom is -0.496 e. The quantitative estimate of drug-likeness (QED) is 0.828. The number of hydrogen-bond donors (Lipinski definition) is 2. The molecule has 0 saturated carbocycles. The standard InChI is InChI=1S/C18H24N2O5/c1-22-15-6-4-5-13-12(15)7-14(20-13)18(21)19-8-11-9-25-10-16(23-2)17(11)24-3/h4-7,11,16-17,20H,8-10H2,1-3H3,(H,19,21)/t11-,16-,17+/m1/s1. The van der Waals surface area contributed by atoms with Gasteiger partial charge >= 0.3 is 0 Å². The Bertz CT molecular complexity index is 729. The van der Waals surface area contributed by atoms with Gasteiger partial charge < -0.3 is 29.2 Å². The smallest absolute Gasteiger partial charge is 0.267 e. The Labute approximate surface area is 146 Å². The summed E-state index contributed by atoms with van der Waals surface area (Å²) >= 11 is 0. The van der Waals surface area contributed by atoms with Crippen LogP contribution in [0.5, 0.6) is 5.75 Å². The number of carbonyl (C=O) groups is 1. The highest BCUT2D eigenvalue weighted by atomic mass is 16.6. The molecular weight excluding hydrogens is 324 g/mol. The molecule has 0 radical (unpaired) electrons. The van der Waals surface area contributed by atoms with Crippen LogP contribution < -0.4 is 10.1 Å². The lowest BCUT2D eigenvalue weighted by Crippen LogP contribution is -2.50. The number of methoxy groups -OCH3 is 3. The van der Waals surface area contributed by atoms with Gasteiger partial charge in [0.25, 0.3) is 5.91 Å². The first-order valence-electron chi connectivity index (χ1n) is 8.25. The van der Waals surface area contributed by atoms with Gasteiger partial charge in [0.1, 0.15) is 17.5 Å². The van der Waals surface area contributed by atoms with Crippen LogP contribution in [-0.4, -0.2) is 64.2 Å². The van der Waals surface area contributed by atoms with Crippen LogP contribution in [0.2, 0.25) is 0 Å². The van der Waals surface area contributed by atoms with Crippen molar-refractivity contribution in [3.8, 4) is 5.75 Å². The van der Waals surface area contributed by atoms with Crippen molar-refractivity contribution in [3.63, 3.8) is 0 Å². The normalized spacial score (nSPS) is 23.6. The van der Waals surface area contributed by atoms with E-state index in [-0.39, 0.29) is 24.0 Å². The van der Waals surface area contributed by atoms with Crippen LogP contribution in [0.3, 0.4) is 0 Å². The number of nitrogens with one attached hydrogen (secondary N) is 2. The number of aromatic amines is 1. The molecule has 1 aromatic carbocycles. The minimum atomic E-state index is -0.173. The summed E-state index contributed by atoms with van der Waals surface area (Å²) in [7, 11) is 4.90. The second-order valence-electron chi connectivity index (χ2n) is 6.09. The summed E-state index contributed by atoms with van der Waals surface area (Å²) in [6.45, 7) is 1.48. The second-order valence-corrected chi connectivity index (χ2v) is 6.09. The van der Waals surface area contributed by atoms with Gasteiger partial charge in [-0.3, -0.25) is 4.79 Å². The molecule has 25 heavy (non-hydrogen) atoms. The van der Waals surface area contributed by atoms with E-state index in [1.807, 2.05) is 18.2 Å². The summed E-state index contributed by atoms with van der Waals surface area (Å²) in [6, 6.07) is 7.46. The highest BCUT2D eigenvalue weighted by Gasteiger charge is 2.34. The molecule has 1 fully saturated rings. The average molecular weight is 348 g/mol. The lowest BCUT2D eigenvalue weighted by atomic mass is 9.96. The van der Waals surface area contributed by atoms with Crippen LogP contribution in [0.4, 0.5) is 0 Å². The van der Waals surface area contributed by atoms with Gasteiger partial charge in [0.05, 0.1) is 26.4 Å².